The number of nitrogens with one attached hydrogen (secondary N) is 2. The van der Waals surface area contributed by atoms with Gasteiger partial charge in [-0.25, -0.2) is 8.42 Å². The Morgan fingerprint density at radius 3 is 2.33 bits per heavy atom. The van der Waals surface area contributed by atoms with Crippen LogP contribution in [0.25, 0.3) is 0 Å². The standard InChI is InChI=1S/C10H19F2N3O2S/c1-2-7-3-5-10(6-4-7,8(13)14)15-18(16,17)9(11)12/h7,9,15H,2-6H2,1H3,(H3,13,14). The van der Waals surface area contributed by atoms with E-state index in [0.29, 0.717) is 31.6 Å². The Kier molecular flexibility index (Phi) is 4.66. The minimum Gasteiger partial charge on any atom is -0.386 e. The van der Waals surface area contributed by atoms with Gasteiger partial charge in [-0.3, -0.25) is 5.41 Å². The Morgan fingerprint density at radius 2 is 2.00 bits per heavy atom. The molecule has 106 valence electrons. The summed E-state index contributed by atoms with van der Waals surface area (Å²) in [7, 11) is -4.73. The van der Waals surface area contributed by atoms with Crippen molar-refractivity contribution in [1.29, 1.82) is 5.41 Å². The van der Waals surface area contributed by atoms with Crippen molar-refractivity contribution in [3.05, 3.63) is 0 Å². The van der Waals surface area contributed by atoms with Crippen molar-refractivity contribution in [2.75, 3.05) is 0 Å². The highest BCUT2D eigenvalue weighted by atomic mass is 32.2. The molecule has 1 rings (SSSR count). The number of hydrogen-bond acceptors (Lipinski definition) is 3. The first-order valence-corrected chi connectivity index (χ1v) is 7.43. The molecule has 0 bridgehead atoms. The third-order valence-electron chi connectivity index (χ3n) is 3.62. The summed E-state index contributed by atoms with van der Waals surface area (Å²) in [6, 6.07) is 0. The molecule has 0 aromatic carbocycles. The zero-order valence-electron chi connectivity index (χ0n) is 10.2. The van der Waals surface area contributed by atoms with E-state index in [1.807, 2.05) is 11.6 Å². The molecule has 1 aliphatic rings. The van der Waals surface area contributed by atoms with Crippen molar-refractivity contribution >= 4 is 15.9 Å². The number of halogens is 2. The molecule has 1 aliphatic carbocycles. The molecule has 0 aromatic rings. The molecule has 8 heteroatoms. The van der Waals surface area contributed by atoms with Crippen molar-refractivity contribution in [3.63, 3.8) is 0 Å². The number of hydrogen-bond donors (Lipinski definition) is 3. The Hall–Kier alpha value is -0.760. The second-order valence-corrected chi connectivity index (χ2v) is 6.41. The van der Waals surface area contributed by atoms with Gasteiger partial charge in [0, 0.05) is 0 Å². The smallest absolute Gasteiger partial charge is 0.350 e. The predicted molar refractivity (Wildman–Crippen MR) is 65.0 cm³/mol. The molecule has 1 fully saturated rings. The Balaban J connectivity index is 2.88. The quantitative estimate of drug-likeness (QED) is 0.525. The predicted octanol–water partition coefficient (Wildman–Crippen LogP) is 1.40. The molecule has 0 unspecified atom stereocenters. The maximum absolute atomic E-state index is 12.4. The van der Waals surface area contributed by atoms with Gasteiger partial charge in [0.1, 0.15) is 5.84 Å². The number of nitrogens with two attached hydrogens (primary N) is 1. The van der Waals surface area contributed by atoms with Crippen LogP contribution in [-0.2, 0) is 10.0 Å². The first-order valence-electron chi connectivity index (χ1n) is 5.89. The summed E-state index contributed by atoms with van der Waals surface area (Å²) in [5.74, 6) is -3.45. The summed E-state index contributed by atoms with van der Waals surface area (Å²) in [5, 5.41) is 7.49. The second kappa shape index (κ2) is 5.48. The fourth-order valence-corrected chi connectivity index (χ4v) is 3.27. The Morgan fingerprint density at radius 1 is 1.50 bits per heavy atom. The molecule has 0 radical (unpaired) electrons. The minimum atomic E-state index is -4.73. The molecule has 0 spiro atoms. The monoisotopic (exact) mass is 283 g/mol. The lowest BCUT2D eigenvalue weighted by molar-refractivity contribution is 0.221. The van der Waals surface area contributed by atoms with Crippen LogP contribution in [0, 0.1) is 11.3 Å². The zero-order chi connectivity index (χ0) is 14.0. The van der Waals surface area contributed by atoms with Crippen LogP contribution < -0.4 is 10.5 Å². The number of rotatable bonds is 5. The lowest BCUT2D eigenvalue weighted by atomic mass is 9.75. The largest absolute Gasteiger partial charge is 0.386 e. The molecule has 1 saturated carbocycles. The van der Waals surface area contributed by atoms with Crippen LogP contribution in [0.15, 0.2) is 0 Å². The Bertz CT molecular complexity index is 403. The van der Waals surface area contributed by atoms with E-state index in [0.717, 1.165) is 6.42 Å². The normalized spacial score (nSPS) is 29.4. The Labute approximate surface area is 106 Å². The molecule has 0 saturated heterocycles. The molecule has 0 amide bonds. The van der Waals surface area contributed by atoms with Gasteiger partial charge < -0.3 is 5.73 Å². The van der Waals surface area contributed by atoms with Gasteiger partial charge in [0.05, 0.1) is 5.54 Å². The van der Waals surface area contributed by atoms with Crippen molar-refractivity contribution < 1.29 is 17.2 Å². The lowest BCUT2D eigenvalue weighted by Gasteiger charge is -2.39. The average molecular weight is 283 g/mol. The molecular formula is C10H19F2N3O2S. The van der Waals surface area contributed by atoms with Gasteiger partial charge in [0.15, 0.2) is 0 Å². The molecular weight excluding hydrogens is 264 g/mol. The van der Waals surface area contributed by atoms with E-state index in [1.165, 1.54) is 0 Å². The van der Waals surface area contributed by atoms with Crippen LogP contribution in [0.2, 0.25) is 0 Å². The number of alkyl halides is 2. The van der Waals surface area contributed by atoms with Gasteiger partial charge in [-0.05, 0) is 31.6 Å². The lowest BCUT2D eigenvalue weighted by Crippen LogP contribution is -2.59. The fourth-order valence-electron chi connectivity index (χ4n) is 2.32. The van der Waals surface area contributed by atoms with Crippen molar-refractivity contribution in [3.8, 4) is 0 Å². The van der Waals surface area contributed by atoms with E-state index in [4.69, 9.17) is 11.1 Å². The topological polar surface area (TPSA) is 96.0 Å². The third-order valence-corrected chi connectivity index (χ3v) is 4.77. The minimum absolute atomic E-state index is 0.298. The van der Waals surface area contributed by atoms with E-state index in [2.05, 4.69) is 0 Å². The van der Waals surface area contributed by atoms with Crippen molar-refractivity contribution in [2.24, 2.45) is 11.7 Å². The van der Waals surface area contributed by atoms with Crippen LogP contribution in [0.5, 0.6) is 0 Å². The molecule has 5 nitrogen and oxygen atoms in total. The van der Waals surface area contributed by atoms with Gasteiger partial charge in [0.25, 0.3) is 10.0 Å². The molecule has 0 aromatic heterocycles. The summed E-state index contributed by atoms with van der Waals surface area (Å²) in [5.41, 5.74) is 4.08. The summed E-state index contributed by atoms with van der Waals surface area (Å²) in [6.07, 6.45) is 2.92. The van der Waals surface area contributed by atoms with Crippen LogP contribution in [0.1, 0.15) is 39.0 Å². The van der Waals surface area contributed by atoms with Gasteiger partial charge in [0.2, 0.25) is 0 Å². The number of sulfonamides is 1. The summed E-state index contributed by atoms with van der Waals surface area (Å²) in [6.45, 7) is 2.02. The molecule has 0 heterocycles. The highest BCUT2D eigenvalue weighted by Gasteiger charge is 2.43. The molecule has 4 N–H and O–H groups in total. The van der Waals surface area contributed by atoms with E-state index in [9.17, 15) is 17.2 Å². The molecule has 0 atom stereocenters. The SMILES string of the molecule is CCC1CCC(NS(=O)(=O)C(F)F)(C(=N)N)CC1. The summed E-state index contributed by atoms with van der Waals surface area (Å²) < 4.78 is 49.2. The molecule has 18 heavy (non-hydrogen) atoms. The first kappa shape index (κ1) is 15.3. The van der Waals surface area contributed by atoms with Gasteiger partial charge >= 0.3 is 5.76 Å². The first-order chi connectivity index (χ1) is 8.23. The van der Waals surface area contributed by atoms with E-state index in [-0.39, 0.29) is 5.84 Å². The summed E-state index contributed by atoms with van der Waals surface area (Å²) >= 11 is 0. The van der Waals surface area contributed by atoms with Crippen LogP contribution in [0.3, 0.4) is 0 Å². The highest BCUT2D eigenvalue weighted by molar-refractivity contribution is 7.89. The van der Waals surface area contributed by atoms with E-state index < -0.39 is 21.3 Å². The maximum atomic E-state index is 12.4. The van der Waals surface area contributed by atoms with E-state index in [1.54, 1.807) is 0 Å². The number of amidine groups is 1. The van der Waals surface area contributed by atoms with Gasteiger partial charge in [-0.2, -0.15) is 13.5 Å². The van der Waals surface area contributed by atoms with Gasteiger partial charge in [-0.15, -0.1) is 0 Å². The van der Waals surface area contributed by atoms with E-state index >= 15 is 0 Å². The second-order valence-electron chi connectivity index (χ2n) is 4.76. The highest BCUT2D eigenvalue weighted by Crippen LogP contribution is 2.34. The van der Waals surface area contributed by atoms with Crippen molar-refractivity contribution in [2.45, 2.75) is 50.3 Å². The fraction of sp³-hybridized carbons (Fsp3) is 0.900. The molecule has 0 aliphatic heterocycles. The average Bonchev–Trinajstić information content (AvgIpc) is 2.29. The maximum Gasteiger partial charge on any atom is 0.350 e. The van der Waals surface area contributed by atoms with Gasteiger partial charge in [-0.1, -0.05) is 13.3 Å². The third kappa shape index (κ3) is 3.17. The van der Waals surface area contributed by atoms with Crippen LogP contribution in [-0.4, -0.2) is 25.5 Å². The van der Waals surface area contributed by atoms with Crippen LogP contribution >= 0.6 is 0 Å². The van der Waals surface area contributed by atoms with Crippen molar-refractivity contribution in [1.82, 2.24) is 4.72 Å². The zero-order valence-corrected chi connectivity index (χ0v) is 11.1. The summed E-state index contributed by atoms with van der Waals surface area (Å²) in [4.78, 5) is 0. The van der Waals surface area contributed by atoms with Crippen LogP contribution in [0.4, 0.5) is 8.78 Å².